The van der Waals surface area contributed by atoms with E-state index in [-0.39, 0.29) is 35.4 Å². The van der Waals surface area contributed by atoms with Crippen LogP contribution >= 0.6 is 24.0 Å². The molecule has 3 rings (SSSR count). The number of nitrogens with one attached hydrogen (secondary N) is 2. The second-order valence-corrected chi connectivity index (χ2v) is 9.10. The molecule has 2 aliphatic heterocycles. The van der Waals surface area contributed by atoms with Crippen LogP contribution in [0.25, 0.3) is 0 Å². The summed E-state index contributed by atoms with van der Waals surface area (Å²) < 4.78 is 0. The highest BCUT2D eigenvalue weighted by Gasteiger charge is 2.27. The van der Waals surface area contributed by atoms with E-state index in [2.05, 4.69) is 48.4 Å². The second kappa shape index (κ2) is 12.6. The van der Waals surface area contributed by atoms with Gasteiger partial charge in [-0.25, -0.2) is 0 Å². The smallest absolute Gasteiger partial charge is 0.223 e. The third-order valence-corrected chi connectivity index (χ3v) is 6.23. The predicted octanol–water partition coefficient (Wildman–Crippen LogP) is 3.75. The molecule has 1 amide bonds. The fraction of sp³-hybridized carbons (Fsp3) is 0.667. The lowest BCUT2D eigenvalue weighted by atomic mass is 9.99. The topological polar surface area (TPSA) is 60.0 Å². The van der Waals surface area contributed by atoms with Crippen molar-refractivity contribution < 1.29 is 4.79 Å². The molecule has 2 N–H and O–H groups in total. The van der Waals surface area contributed by atoms with Crippen molar-refractivity contribution in [2.45, 2.75) is 71.5 Å². The number of nitrogens with zero attached hydrogens (tertiary/aromatic N) is 3. The van der Waals surface area contributed by atoms with E-state index >= 15 is 0 Å². The second-order valence-electron chi connectivity index (χ2n) is 9.10. The van der Waals surface area contributed by atoms with Crippen LogP contribution in [-0.2, 0) is 17.9 Å². The van der Waals surface area contributed by atoms with E-state index in [1.54, 1.807) is 0 Å². The molecule has 1 aromatic rings. The maximum atomic E-state index is 12.6. The van der Waals surface area contributed by atoms with Crippen molar-refractivity contribution in [3.8, 4) is 0 Å². The fourth-order valence-corrected chi connectivity index (χ4v) is 4.33. The van der Waals surface area contributed by atoms with Crippen molar-refractivity contribution >= 4 is 35.8 Å². The molecule has 0 aliphatic carbocycles. The highest BCUT2D eigenvalue weighted by atomic mass is 127. The number of aliphatic imine (C=N–C) groups is 1. The van der Waals surface area contributed by atoms with Crippen LogP contribution in [0.3, 0.4) is 0 Å². The molecular formula is C24H40IN5O. The third kappa shape index (κ3) is 7.63. The van der Waals surface area contributed by atoms with Gasteiger partial charge in [-0.05, 0) is 64.3 Å². The number of halogens is 1. The predicted molar refractivity (Wildman–Crippen MR) is 139 cm³/mol. The Kier molecular flexibility index (Phi) is 10.6. The van der Waals surface area contributed by atoms with Crippen LogP contribution < -0.4 is 10.6 Å². The summed E-state index contributed by atoms with van der Waals surface area (Å²) in [5.41, 5.74) is 2.63. The molecule has 1 aromatic carbocycles. The van der Waals surface area contributed by atoms with Gasteiger partial charge < -0.3 is 15.5 Å². The molecule has 174 valence electrons. The van der Waals surface area contributed by atoms with Crippen LogP contribution in [-0.4, -0.2) is 59.9 Å². The Hall–Kier alpha value is -1.35. The van der Waals surface area contributed by atoms with Crippen molar-refractivity contribution in [1.29, 1.82) is 0 Å². The first kappa shape index (κ1) is 25.9. The van der Waals surface area contributed by atoms with Gasteiger partial charge >= 0.3 is 0 Å². The number of carbonyl (C=O) groups excluding carboxylic acids is 1. The SMILES string of the molecule is CCNC(=NCC(C)(C)N1CCCCC1)NCCCC(=O)N1Cc2ccccc2C1.I. The van der Waals surface area contributed by atoms with E-state index in [4.69, 9.17) is 4.99 Å². The molecular weight excluding hydrogens is 501 g/mol. The molecule has 0 bridgehead atoms. The normalized spacial score (nSPS) is 17.1. The van der Waals surface area contributed by atoms with Gasteiger partial charge in [0.05, 0.1) is 6.54 Å². The van der Waals surface area contributed by atoms with E-state index in [0.717, 1.165) is 45.1 Å². The van der Waals surface area contributed by atoms with Crippen LogP contribution in [0.1, 0.15) is 64.0 Å². The van der Waals surface area contributed by atoms with E-state index in [9.17, 15) is 4.79 Å². The van der Waals surface area contributed by atoms with Gasteiger partial charge in [0.2, 0.25) is 5.91 Å². The van der Waals surface area contributed by atoms with Gasteiger partial charge in [0.15, 0.2) is 5.96 Å². The number of amides is 1. The molecule has 0 radical (unpaired) electrons. The Morgan fingerprint density at radius 2 is 1.71 bits per heavy atom. The van der Waals surface area contributed by atoms with Crippen LogP contribution in [0.2, 0.25) is 0 Å². The van der Waals surface area contributed by atoms with Crippen molar-refractivity contribution in [2.75, 3.05) is 32.7 Å². The maximum absolute atomic E-state index is 12.6. The van der Waals surface area contributed by atoms with Gasteiger partial charge in [0, 0.05) is 38.1 Å². The quantitative estimate of drug-likeness (QED) is 0.228. The molecule has 2 heterocycles. The van der Waals surface area contributed by atoms with Crippen LogP contribution in [0.5, 0.6) is 0 Å². The Labute approximate surface area is 205 Å². The highest BCUT2D eigenvalue weighted by Crippen LogP contribution is 2.23. The lowest BCUT2D eigenvalue weighted by Gasteiger charge is -2.40. The number of fused-ring (bicyclic) bond motifs is 1. The summed E-state index contributed by atoms with van der Waals surface area (Å²) in [4.78, 5) is 21.9. The number of guanidine groups is 1. The van der Waals surface area contributed by atoms with Crippen molar-refractivity contribution in [3.05, 3.63) is 35.4 Å². The number of rotatable bonds is 8. The Bertz CT molecular complexity index is 705. The molecule has 0 aromatic heterocycles. The van der Waals surface area contributed by atoms with E-state index in [1.165, 1.54) is 43.5 Å². The number of hydrogen-bond acceptors (Lipinski definition) is 3. The molecule has 0 unspecified atom stereocenters. The summed E-state index contributed by atoms with van der Waals surface area (Å²) in [5, 5.41) is 6.75. The number of piperidine rings is 1. The molecule has 0 spiro atoms. The minimum Gasteiger partial charge on any atom is -0.357 e. The lowest BCUT2D eigenvalue weighted by molar-refractivity contribution is -0.131. The zero-order chi connectivity index (χ0) is 21.4. The monoisotopic (exact) mass is 541 g/mol. The molecule has 2 aliphatic rings. The van der Waals surface area contributed by atoms with Gasteiger partial charge in [0.25, 0.3) is 0 Å². The zero-order valence-electron chi connectivity index (χ0n) is 19.5. The summed E-state index contributed by atoms with van der Waals surface area (Å²) in [6, 6.07) is 8.33. The highest BCUT2D eigenvalue weighted by molar-refractivity contribution is 14.0. The summed E-state index contributed by atoms with van der Waals surface area (Å²) >= 11 is 0. The molecule has 31 heavy (non-hydrogen) atoms. The third-order valence-electron chi connectivity index (χ3n) is 6.23. The van der Waals surface area contributed by atoms with Gasteiger partial charge in [0.1, 0.15) is 0 Å². The van der Waals surface area contributed by atoms with Crippen molar-refractivity contribution in [3.63, 3.8) is 0 Å². The molecule has 1 fully saturated rings. The summed E-state index contributed by atoms with van der Waals surface area (Å²) in [6.45, 7) is 12.9. The Morgan fingerprint density at radius 3 is 2.32 bits per heavy atom. The Morgan fingerprint density at radius 1 is 1.06 bits per heavy atom. The molecule has 0 saturated carbocycles. The van der Waals surface area contributed by atoms with Crippen LogP contribution in [0.4, 0.5) is 0 Å². The first-order valence-electron chi connectivity index (χ1n) is 11.6. The van der Waals surface area contributed by atoms with Gasteiger partial charge in [-0.3, -0.25) is 14.7 Å². The minimum absolute atomic E-state index is 0. The number of carbonyl (C=O) groups is 1. The first-order valence-corrected chi connectivity index (χ1v) is 11.6. The average molecular weight is 542 g/mol. The number of hydrogen-bond donors (Lipinski definition) is 2. The number of benzene rings is 1. The molecule has 0 atom stereocenters. The van der Waals surface area contributed by atoms with Crippen molar-refractivity contribution in [1.82, 2.24) is 20.4 Å². The van der Waals surface area contributed by atoms with Gasteiger partial charge in [-0.2, -0.15) is 0 Å². The van der Waals surface area contributed by atoms with Crippen LogP contribution in [0.15, 0.2) is 29.3 Å². The van der Waals surface area contributed by atoms with E-state index in [1.807, 2.05) is 17.0 Å². The first-order chi connectivity index (χ1) is 14.5. The molecule has 6 nitrogen and oxygen atoms in total. The fourth-order valence-electron chi connectivity index (χ4n) is 4.33. The summed E-state index contributed by atoms with van der Waals surface area (Å²) in [5.74, 6) is 1.09. The summed E-state index contributed by atoms with van der Waals surface area (Å²) in [7, 11) is 0. The maximum Gasteiger partial charge on any atom is 0.223 e. The molecule has 7 heteroatoms. The van der Waals surface area contributed by atoms with Crippen molar-refractivity contribution in [2.24, 2.45) is 4.99 Å². The zero-order valence-corrected chi connectivity index (χ0v) is 21.8. The average Bonchev–Trinajstić information content (AvgIpc) is 3.20. The van der Waals surface area contributed by atoms with E-state index < -0.39 is 0 Å². The van der Waals surface area contributed by atoms with E-state index in [0.29, 0.717) is 6.42 Å². The standard InChI is InChI=1S/C24H39N5O.HI/c1-4-25-23(27-19-24(2,3)29-15-8-5-9-16-29)26-14-10-13-22(30)28-17-20-11-6-7-12-21(20)18-28;/h6-7,11-12H,4-5,8-10,13-19H2,1-3H3,(H2,25,26,27);1H. The van der Waals surface area contributed by atoms with Gasteiger partial charge in [-0.15, -0.1) is 24.0 Å². The molecule has 1 saturated heterocycles. The number of likely N-dealkylation sites (tertiary alicyclic amines) is 1. The Balaban J connectivity index is 0.00000341. The van der Waals surface area contributed by atoms with Crippen LogP contribution in [0, 0.1) is 0 Å². The lowest BCUT2D eigenvalue weighted by Crippen LogP contribution is -2.49. The largest absolute Gasteiger partial charge is 0.357 e. The minimum atomic E-state index is 0. The van der Waals surface area contributed by atoms with Gasteiger partial charge in [-0.1, -0.05) is 30.7 Å². The summed E-state index contributed by atoms with van der Waals surface area (Å²) in [6.07, 6.45) is 5.32.